The van der Waals surface area contributed by atoms with Gasteiger partial charge in [0.25, 0.3) is 6.01 Å². The predicted octanol–water partition coefficient (Wildman–Crippen LogP) is 4.47. The standard InChI is InChI=1S/C17H17FO2S/c18-17(20-13-7-12-19)16(14-8-3-1-4-9-14)21-15-10-5-2-6-11-15/h1-6,8-11,19H,7,12-13H2/b17-16-. The van der Waals surface area contributed by atoms with Crippen molar-refractivity contribution in [2.75, 3.05) is 13.2 Å². The molecule has 0 atom stereocenters. The van der Waals surface area contributed by atoms with E-state index in [9.17, 15) is 4.39 Å². The summed E-state index contributed by atoms with van der Waals surface area (Å²) in [5.74, 6) is 0. The summed E-state index contributed by atoms with van der Waals surface area (Å²) in [6.07, 6.45) is 0.408. The molecule has 0 aliphatic heterocycles. The third kappa shape index (κ3) is 4.92. The Morgan fingerprint density at radius 2 is 1.62 bits per heavy atom. The molecule has 0 amide bonds. The molecule has 0 spiro atoms. The first-order valence-electron chi connectivity index (χ1n) is 6.73. The van der Waals surface area contributed by atoms with Crippen molar-refractivity contribution < 1.29 is 14.2 Å². The lowest BCUT2D eigenvalue weighted by molar-refractivity contribution is 0.130. The zero-order chi connectivity index (χ0) is 14.9. The van der Waals surface area contributed by atoms with Crippen LogP contribution in [0.2, 0.25) is 0 Å². The quantitative estimate of drug-likeness (QED) is 0.465. The van der Waals surface area contributed by atoms with Crippen LogP contribution in [0.3, 0.4) is 0 Å². The maximum atomic E-state index is 14.3. The third-order valence-electron chi connectivity index (χ3n) is 2.71. The van der Waals surface area contributed by atoms with E-state index in [1.54, 1.807) is 0 Å². The highest BCUT2D eigenvalue weighted by atomic mass is 32.2. The normalized spacial score (nSPS) is 11.9. The molecule has 110 valence electrons. The second-order valence-corrected chi connectivity index (χ2v) is 5.39. The van der Waals surface area contributed by atoms with Crippen molar-refractivity contribution in [3.63, 3.8) is 0 Å². The highest BCUT2D eigenvalue weighted by Crippen LogP contribution is 2.37. The molecule has 0 fully saturated rings. The molecule has 2 nitrogen and oxygen atoms in total. The molecule has 4 heteroatoms. The van der Waals surface area contributed by atoms with Gasteiger partial charge in [0.05, 0.1) is 11.5 Å². The SMILES string of the molecule is OCCCO/C(F)=C(\Sc1ccccc1)c1ccccc1. The van der Waals surface area contributed by atoms with Gasteiger partial charge in [0.1, 0.15) is 0 Å². The van der Waals surface area contributed by atoms with Gasteiger partial charge in [-0.05, 0) is 17.7 Å². The number of thioether (sulfide) groups is 1. The summed E-state index contributed by atoms with van der Waals surface area (Å²) >= 11 is 1.33. The molecule has 0 aromatic heterocycles. The molecule has 2 rings (SSSR count). The molecule has 0 bridgehead atoms. The van der Waals surface area contributed by atoms with E-state index in [1.807, 2.05) is 60.7 Å². The lowest BCUT2D eigenvalue weighted by Gasteiger charge is -2.10. The number of benzene rings is 2. The molecule has 0 heterocycles. The Hall–Kier alpha value is -1.78. The van der Waals surface area contributed by atoms with Crippen molar-refractivity contribution in [1.29, 1.82) is 0 Å². The molecular formula is C17H17FO2S. The van der Waals surface area contributed by atoms with Crippen molar-refractivity contribution in [3.05, 3.63) is 72.2 Å². The van der Waals surface area contributed by atoms with Crippen LogP contribution in [0.1, 0.15) is 12.0 Å². The Bertz CT molecular complexity index is 570. The van der Waals surface area contributed by atoms with Crippen LogP contribution in [0.5, 0.6) is 0 Å². The summed E-state index contributed by atoms with van der Waals surface area (Å²) in [5.41, 5.74) is 0.771. The first kappa shape index (κ1) is 15.6. The van der Waals surface area contributed by atoms with E-state index >= 15 is 0 Å². The third-order valence-corrected chi connectivity index (χ3v) is 3.82. The molecule has 0 saturated heterocycles. The summed E-state index contributed by atoms with van der Waals surface area (Å²) < 4.78 is 19.4. The zero-order valence-electron chi connectivity index (χ0n) is 11.5. The largest absolute Gasteiger partial charge is 0.470 e. The van der Waals surface area contributed by atoms with E-state index < -0.39 is 6.01 Å². The predicted molar refractivity (Wildman–Crippen MR) is 84.4 cm³/mol. The first-order valence-corrected chi connectivity index (χ1v) is 7.54. The van der Waals surface area contributed by atoms with Crippen molar-refractivity contribution in [1.82, 2.24) is 0 Å². The van der Waals surface area contributed by atoms with Crippen molar-refractivity contribution in [2.24, 2.45) is 0 Å². The number of hydrogen-bond donors (Lipinski definition) is 1. The number of halogens is 1. The monoisotopic (exact) mass is 304 g/mol. The van der Waals surface area contributed by atoms with Crippen LogP contribution in [0.15, 0.2) is 71.6 Å². The number of rotatable bonds is 7. The van der Waals surface area contributed by atoms with E-state index in [0.717, 1.165) is 10.5 Å². The molecule has 2 aromatic rings. The van der Waals surface area contributed by atoms with Gasteiger partial charge >= 0.3 is 0 Å². The summed E-state index contributed by atoms with van der Waals surface area (Å²) in [4.78, 5) is 1.39. The molecule has 21 heavy (non-hydrogen) atoms. The maximum Gasteiger partial charge on any atom is 0.287 e. The number of ether oxygens (including phenoxy) is 1. The van der Waals surface area contributed by atoms with Gasteiger partial charge in [0, 0.05) is 17.9 Å². The second-order valence-electron chi connectivity index (χ2n) is 4.31. The molecule has 0 saturated carbocycles. The fraction of sp³-hybridized carbons (Fsp3) is 0.176. The van der Waals surface area contributed by atoms with Gasteiger partial charge in [-0.2, -0.15) is 4.39 Å². The average Bonchev–Trinajstić information content (AvgIpc) is 2.54. The van der Waals surface area contributed by atoms with Crippen LogP contribution in [0, 0.1) is 0 Å². The molecule has 0 unspecified atom stereocenters. The second kappa shape index (κ2) is 8.49. The smallest absolute Gasteiger partial charge is 0.287 e. The molecule has 1 N–H and O–H groups in total. The molecule has 0 aliphatic carbocycles. The van der Waals surface area contributed by atoms with E-state index in [1.165, 1.54) is 11.8 Å². The van der Waals surface area contributed by atoms with Gasteiger partial charge in [-0.15, -0.1) is 0 Å². The fourth-order valence-corrected chi connectivity index (χ4v) is 2.62. The zero-order valence-corrected chi connectivity index (χ0v) is 12.4. The van der Waals surface area contributed by atoms with Gasteiger partial charge in [-0.1, -0.05) is 60.3 Å². The highest BCUT2D eigenvalue weighted by molar-refractivity contribution is 8.08. The topological polar surface area (TPSA) is 29.5 Å². The number of aliphatic hydroxyl groups excluding tert-OH is 1. The maximum absolute atomic E-state index is 14.3. The first-order chi connectivity index (χ1) is 10.3. The molecule has 2 aromatic carbocycles. The Labute approximate surface area is 128 Å². The van der Waals surface area contributed by atoms with Crippen LogP contribution in [-0.2, 0) is 4.74 Å². The van der Waals surface area contributed by atoms with E-state index in [2.05, 4.69) is 0 Å². The summed E-state index contributed by atoms with van der Waals surface area (Å²) in [5, 5.41) is 8.75. The fourth-order valence-electron chi connectivity index (χ4n) is 1.70. The van der Waals surface area contributed by atoms with Crippen LogP contribution >= 0.6 is 11.8 Å². The van der Waals surface area contributed by atoms with Crippen molar-refractivity contribution in [2.45, 2.75) is 11.3 Å². The Morgan fingerprint density at radius 1 is 1.00 bits per heavy atom. The minimum atomic E-state index is -0.608. The van der Waals surface area contributed by atoms with Gasteiger partial charge < -0.3 is 9.84 Å². The Balaban J connectivity index is 2.24. The summed E-state index contributed by atoms with van der Waals surface area (Å²) in [7, 11) is 0. The molecular weight excluding hydrogens is 287 g/mol. The van der Waals surface area contributed by atoms with Crippen LogP contribution in [0.4, 0.5) is 4.39 Å². The minimum absolute atomic E-state index is 0.0141. The minimum Gasteiger partial charge on any atom is -0.470 e. The van der Waals surface area contributed by atoms with Crippen LogP contribution in [-0.4, -0.2) is 18.3 Å². The number of hydrogen-bond acceptors (Lipinski definition) is 3. The Morgan fingerprint density at radius 3 is 2.24 bits per heavy atom. The lowest BCUT2D eigenvalue weighted by Crippen LogP contribution is -1.96. The Kier molecular flexibility index (Phi) is 6.31. The summed E-state index contributed by atoms with van der Waals surface area (Å²) in [6.45, 7) is 0.147. The van der Waals surface area contributed by atoms with Gasteiger partial charge in [0.15, 0.2) is 0 Å². The average molecular weight is 304 g/mol. The molecule has 0 aliphatic rings. The van der Waals surface area contributed by atoms with E-state index in [-0.39, 0.29) is 13.2 Å². The van der Waals surface area contributed by atoms with Crippen molar-refractivity contribution >= 4 is 16.7 Å². The van der Waals surface area contributed by atoms with Gasteiger partial charge in [-0.3, -0.25) is 0 Å². The van der Waals surface area contributed by atoms with E-state index in [4.69, 9.17) is 9.84 Å². The van der Waals surface area contributed by atoms with E-state index in [0.29, 0.717) is 11.3 Å². The van der Waals surface area contributed by atoms with Gasteiger partial charge in [-0.25, -0.2) is 0 Å². The lowest BCUT2D eigenvalue weighted by atomic mass is 10.2. The van der Waals surface area contributed by atoms with Crippen LogP contribution in [0.25, 0.3) is 4.91 Å². The van der Waals surface area contributed by atoms with Gasteiger partial charge in [0.2, 0.25) is 0 Å². The summed E-state index contributed by atoms with van der Waals surface area (Å²) in [6, 6.07) is 18.3. The highest BCUT2D eigenvalue weighted by Gasteiger charge is 2.12. The molecule has 0 radical (unpaired) electrons. The van der Waals surface area contributed by atoms with Crippen molar-refractivity contribution in [3.8, 4) is 0 Å². The van der Waals surface area contributed by atoms with Crippen LogP contribution < -0.4 is 0 Å². The number of aliphatic hydroxyl groups is 1.